The quantitative estimate of drug-likeness (QED) is 0.171. The molecule has 0 aliphatic rings. The Bertz CT molecular complexity index is 3240. The summed E-state index contributed by atoms with van der Waals surface area (Å²) >= 11 is 0. The van der Waals surface area contributed by atoms with Gasteiger partial charge in [-0.15, -0.1) is 0 Å². The van der Waals surface area contributed by atoms with E-state index in [0.29, 0.717) is 5.82 Å². The molecule has 0 fully saturated rings. The highest BCUT2D eigenvalue weighted by Crippen LogP contribution is 2.43. The van der Waals surface area contributed by atoms with Gasteiger partial charge in [-0.2, -0.15) is 0 Å². The number of hydrogen-bond donors (Lipinski definition) is 0. The standard InChI is InChI=1S/C51H31N3O2/c1-2-10-34(11-3-1)44-31-45(54-51(53-44)41-14-5-4-12-37(41)33-26-28-52-29-27-33)35-20-18-32(19-21-35)38-23-24-39(50-49(38)42-15-7-9-17-47(42)56-50)36-22-25-48-43(30-36)40-13-6-8-16-46(40)55-48/h1-31H. The van der Waals surface area contributed by atoms with Crippen LogP contribution in [0.25, 0.3) is 111 Å². The predicted octanol–water partition coefficient (Wildman–Crippen LogP) is 13.7. The fraction of sp³-hybridized carbons (Fsp3) is 0. The van der Waals surface area contributed by atoms with Crippen molar-refractivity contribution in [1.82, 2.24) is 15.0 Å². The van der Waals surface area contributed by atoms with Gasteiger partial charge >= 0.3 is 0 Å². The summed E-state index contributed by atoms with van der Waals surface area (Å²) in [5.74, 6) is 0.668. The lowest BCUT2D eigenvalue weighted by Crippen LogP contribution is -1.97. The lowest BCUT2D eigenvalue weighted by molar-refractivity contribution is 0.668. The van der Waals surface area contributed by atoms with Gasteiger partial charge in [0.15, 0.2) is 5.82 Å². The fourth-order valence-corrected chi connectivity index (χ4v) is 7.94. The van der Waals surface area contributed by atoms with Gasteiger partial charge in [0.2, 0.25) is 0 Å². The molecule has 0 radical (unpaired) electrons. The van der Waals surface area contributed by atoms with E-state index in [0.717, 1.165) is 105 Å². The van der Waals surface area contributed by atoms with E-state index in [1.807, 2.05) is 79.1 Å². The summed E-state index contributed by atoms with van der Waals surface area (Å²) in [5.41, 5.74) is 14.6. The maximum atomic E-state index is 6.68. The summed E-state index contributed by atoms with van der Waals surface area (Å²) in [6.45, 7) is 0. The summed E-state index contributed by atoms with van der Waals surface area (Å²) in [6.07, 6.45) is 3.63. The number of benzene rings is 7. The van der Waals surface area contributed by atoms with Gasteiger partial charge in [0.1, 0.15) is 22.3 Å². The minimum absolute atomic E-state index is 0.668. The van der Waals surface area contributed by atoms with E-state index >= 15 is 0 Å². The van der Waals surface area contributed by atoms with E-state index in [2.05, 4.69) is 114 Å². The number of hydrogen-bond acceptors (Lipinski definition) is 5. The molecule has 0 amide bonds. The van der Waals surface area contributed by atoms with Crippen LogP contribution in [0.4, 0.5) is 0 Å². The molecule has 0 aliphatic carbocycles. The molecule has 0 bridgehead atoms. The van der Waals surface area contributed by atoms with Crippen LogP contribution < -0.4 is 0 Å². The molecule has 0 unspecified atom stereocenters. The van der Waals surface area contributed by atoms with Crippen LogP contribution in [0.2, 0.25) is 0 Å². The van der Waals surface area contributed by atoms with E-state index < -0.39 is 0 Å². The summed E-state index contributed by atoms with van der Waals surface area (Å²) in [7, 11) is 0. The Morgan fingerprint density at radius 3 is 1.70 bits per heavy atom. The Morgan fingerprint density at radius 2 is 0.911 bits per heavy atom. The Balaban J connectivity index is 1.04. The first-order valence-electron chi connectivity index (χ1n) is 18.7. The molecule has 56 heavy (non-hydrogen) atoms. The van der Waals surface area contributed by atoms with Crippen LogP contribution in [0.3, 0.4) is 0 Å². The Morgan fingerprint density at radius 1 is 0.339 bits per heavy atom. The average molecular weight is 718 g/mol. The third kappa shape index (κ3) is 5.37. The van der Waals surface area contributed by atoms with Crippen LogP contribution >= 0.6 is 0 Å². The molecule has 7 aromatic carbocycles. The second-order valence-corrected chi connectivity index (χ2v) is 14.0. The smallest absolute Gasteiger partial charge is 0.161 e. The molecule has 0 saturated carbocycles. The van der Waals surface area contributed by atoms with Crippen LogP contribution in [-0.2, 0) is 0 Å². The van der Waals surface area contributed by atoms with Crippen molar-refractivity contribution in [2.75, 3.05) is 0 Å². The van der Waals surface area contributed by atoms with Crippen molar-refractivity contribution < 1.29 is 8.83 Å². The van der Waals surface area contributed by atoms with E-state index in [1.54, 1.807) is 0 Å². The molecule has 0 aliphatic heterocycles. The molecule has 11 rings (SSSR count). The first-order valence-corrected chi connectivity index (χ1v) is 18.7. The van der Waals surface area contributed by atoms with Gasteiger partial charge < -0.3 is 8.83 Å². The Hall–Kier alpha value is -7.63. The fourth-order valence-electron chi connectivity index (χ4n) is 7.94. The SMILES string of the molecule is c1ccc(-c2cc(-c3ccc(-c4ccc(-c5ccc6oc7ccccc7c6c5)c5oc6ccccc6c45)cc3)nc(-c3ccccc3-c3ccncc3)n2)cc1. The predicted molar refractivity (Wildman–Crippen MR) is 227 cm³/mol. The molecule has 262 valence electrons. The van der Waals surface area contributed by atoms with Gasteiger partial charge in [0.25, 0.3) is 0 Å². The van der Waals surface area contributed by atoms with Crippen molar-refractivity contribution in [2.24, 2.45) is 0 Å². The monoisotopic (exact) mass is 717 g/mol. The Labute approximate surface area is 322 Å². The van der Waals surface area contributed by atoms with Gasteiger partial charge in [0, 0.05) is 56.2 Å². The number of furan rings is 2. The van der Waals surface area contributed by atoms with Crippen molar-refractivity contribution in [3.63, 3.8) is 0 Å². The molecule has 4 heterocycles. The molecular weight excluding hydrogens is 687 g/mol. The zero-order valence-corrected chi connectivity index (χ0v) is 30.1. The number of para-hydroxylation sites is 2. The minimum Gasteiger partial charge on any atom is -0.456 e. The maximum Gasteiger partial charge on any atom is 0.161 e. The molecule has 4 aromatic heterocycles. The van der Waals surface area contributed by atoms with Crippen LogP contribution in [0.5, 0.6) is 0 Å². The zero-order chi connectivity index (χ0) is 37.0. The van der Waals surface area contributed by atoms with Gasteiger partial charge in [0.05, 0.1) is 11.4 Å². The van der Waals surface area contributed by atoms with E-state index in [1.165, 1.54) is 0 Å². The first-order chi connectivity index (χ1) is 27.7. The molecule has 0 spiro atoms. The van der Waals surface area contributed by atoms with Gasteiger partial charge in [-0.25, -0.2) is 9.97 Å². The molecule has 0 saturated heterocycles. The minimum atomic E-state index is 0.668. The normalized spacial score (nSPS) is 11.6. The van der Waals surface area contributed by atoms with Crippen LogP contribution in [0.1, 0.15) is 0 Å². The summed E-state index contributed by atoms with van der Waals surface area (Å²) < 4.78 is 12.8. The molecule has 0 N–H and O–H groups in total. The van der Waals surface area contributed by atoms with Crippen LogP contribution in [0, 0.1) is 0 Å². The van der Waals surface area contributed by atoms with Gasteiger partial charge in [-0.3, -0.25) is 4.98 Å². The summed E-state index contributed by atoms with van der Waals surface area (Å²) in [4.78, 5) is 14.6. The molecule has 5 heteroatoms. The van der Waals surface area contributed by atoms with Gasteiger partial charge in [-0.05, 0) is 76.3 Å². The van der Waals surface area contributed by atoms with E-state index in [-0.39, 0.29) is 0 Å². The highest BCUT2D eigenvalue weighted by atomic mass is 16.3. The average Bonchev–Trinajstić information content (AvgIpc) is 3.85. The third-order valence-corrected chi connectivity index (χ3v) is 10.7. The van der Waals surface area contributed by atoms with E-state index in [4.69, 9.17) is 18.8 Å². The first kappa shape index (κ1) is 31.9. The van der Waals surface area contributed by atoms with Crippen molar-refractivity contribution in [1.29, 1.82) is 0 Å². The van der Waals surface area contributed by atoms with Crippen molar-refractivity contribution in [2.45, 2.75) is 0 Å². The van der Waals surface area contributed by atoms with Crippen molar-refractivity contribution in [3.05, 3.63) is 188 Å². The lowest BCUT2D eigenvalue weighted by Gasteiger charge is -2.13. The number of aromatic nitrogens is 3. The molecular formula is C51H31N3O2. The number of rotatable bonds is 6. The van der Waals surface area contributed by atoms with Crippen molar-refractivity contribution >= 4 is 43.9 Å². The molecule has 0 atom stereocenters. The highest BCUT2D eigenvalue weighted by Gasteiger charge is 2.19. The van der Waals surface area contributed by atoms with Crippen molar-refractivity contribution in [3.8, 4) is 67.3 Å². The van der Waals surface area contributed by atoms with Crippen LogP contribution in [0.15, 0.2) is 197 Å². The topological polar surface area (TPSA) is 65.0 Å². The number of fused-ring (bicyclic) bond motifs is 6. The second kappa shape index (κ2) is 13.0. The molecule has 11 aromatic rings. The summed E-state index contributed by atoms with van der Waals surface area (Å²) in [6, 6.07) is 60.7. The van der Waals surface area contributed by atoms with Gasteiger partial charge in [-0.1, -0.05) is 127 Å². The molecule has 5 nitrogen and oxygen atoms in total. The Kier molecular flexibility index (Phi) is 7.42. The highest BCUT2D eigenvalue weighted by molar-refractivity contribution is 6.17. The summed E-state index contributed by atoms with van der Waals surface area (Å²) in [5, 5.41) is 4.36. The largest absolute Gasteiger partial charge is 0.456 e. The number of pyridine rings is 1. The number of nitrogens with zero attached hydrogens (tertiary/aromatic N) is 3. The second-order valence-electron chi connectivity index (χ2n) is 14.0. The third-order valence-electron chi connectivity index (χ3n) is 10.7. The maximum absolute atomic E-state index is 6.68. The van der Waals surface area contributed by atoms with E-state index in [9.17, 15) is 0 Å². The lowest BCUT2D eigenvalue weighted by atomic mass is 9.93. The van der Waals surface area contributed by atoms with Crippen LogP contribution in [-0.4, -0.2) is 15.0 Å². The zero-order valence-electron chi connectivity index (χ0n) is 30.1.